The SMILES string of the molecule is N#CC1C(SCc2cccc(C(=O)O)c2)NC(=O)CC1c1ccccn1. The number of nitrogens with one attached hydrogen (secondary N) is 1. The van der Waals surface area contributed by atoms with Gasteiger partial charge in [0, 0.05) is 30.0 Å². The number of pyridine rings is 1. The van der Waals surface area contributed by atoms with Crippen LogP contribution in [0.4, 0.5) is 0 Å². The summed E-state index contributed by atoms with van der Waals surface area (Å²) in [7, 11) is 0. The number of rotatable bonds is 5. The molecule has 1 saturated heterocycles. The number of carboxylic acid groups (broad SMARTS) is 1. The van der Waals surface area contributed by atoms with Gasteiger partial charge in [0.15, 0.2) is 0 Å². The largest absolute Gasteiger partial charge is 0.478 e. The van der Waals surface area contributed by atoms with Gasteiger partial charge in [-0.15, -0.1) is 11.8 Å². The van der Waals surface area contributed by atoms with Crippen LogP contribution in [0, 0.1) is 17.2 Å². The fourth-order valence-electron chi connectivity index (χ4n) is 3.01. The van der Waals surface area contributed by atoms with Gasteiger partial charge in [0.25, 0.3) is 0 Å². The minimum atomic E-state index is -0.979. The van der Waals surface area contributed by atoms with Crippen LogP contribution < -0.4 is 5.32 Å². The molecule has 26 heavy (non-hydrogen) atoms. The molecule has 0 bridgehead atoms. The highest BCUT2D eigenvalue weighted by molar-refractivity contribution is 7.99. The summed E-state index contributed by atoms with van der Waals surface area (Å²) in [5, 5.41) is 21.3. The normalized spacial score (nSPS) is 22.3. The molecule has 1 aromatic heterocycles. The Morgan fingerprint density at radius 2 is 2.19 bits per heavy atom. The van der Waals surface area contributed by atoms with E-state index in [1.54, 1.807) is 24.4 Å². The summed E-state index contributed by atoms with van der Waals surface area (Å²) in [5.41, 5.74) is 1.80. The number of aromatic carboxylic acids is 1. The van der Waals surface area contributed by atoms with Crippen LogP contribution >= 0.6 is 11.8 Å². The minimum Gasteiger partial charge on any atom is -0.478 e. The highest BCUT2D eigenvalue weighted by Gasteiger charge is 2.38. The molecule has 2 heterocycles. The van der Waals surface area contributed by atoms with Gasteiger partial charge in [0.05, 0.1) is 22.9 Å². The van der Waals surface area contributed by atoms with E-state index >= 15 is 0 Å². The predicted octanol–water partition coefficient (Wildman–Crippen LogP) is 2.78. The van der Waals surface area contributed by atoms with E-state index in [2.05, 4.69) is 16.4 Å². The van der Waals surface area contributed by atoms with Gasteiger partial charge >= 0.3 is 5.97 Å². The molecular weight excluding hydrogens is 350 g/mol. The summed E-state index contributed by atoms with van der Waals surface area (Å²) in [5.74, 6) is -1.25. The number of aromatic nitrogens is 1. The maximum Gasteiger partial charge on any atom is 0.335 e. The second-order valence-electron chi connectivity index (χ2n) is 6.02. The monoisotopic (exact) mass is 367 g/mol. The first-order valence-electron chi connectivity index (χ1n) is 8.12. The molecule has 3 rings (SSSR count). The van der Waals surface area contributed by atoms with E-state index in [9.17, 15) is 14.9 Å². The molecule has 2 N–H and O–H groups in total. The van der Waals surface area contributed by atoms with Gasteiger partial charge in [-0.25, -0.2) is 4.79 Å². The van der Waals surface area contributed by atoms with Gasteiger partial charge < -0.3 is 10.4 Å². The number of nitrogens with zero attached hydrogens (tertiary/aromatic N) is 2. The first kappa shape index (κ1) is 18.0. The smallest absolute Gasteiger partial charge is 0.335 e. The van der Waals surface area contributed by atoms with E-state index in [0.717, 1.165) is 11.3 Å². The number of nitriles is 1. The highest BCUT2D eigenvalue weighted by Crippen LogP contribution is 2.37. The van der Waals surface area contributed by atoms with Crippen molar-refractivity contribution in [3.63, 3.8) is 0 Å². The Labute approximate surface area is 155 Å². The molecule has 1 amide bonds. The van der Waals surface area contributed by atoms with Crippen molar-refractivity contribution in [3.8, 4) is 6.07 Å². The number of carboxylic acids is 1. The molecule has 2 aromatic rings. The first-order chi connectivity index (χ1) is 12.6. The van der Waals surface area contributed by atoms with Crippen LogP contribution in [0.2, 0.25) is 0 Å². The van der Waals surface area contributed by atoms with Crippen LogP contribution in [0.15, 0.2) is 48.7 Å². The Morgan fingerprint density at radius 3 is 2.88 bits per heavy atom. The number of thioether (sulfide) groups is 1. The number of amides is 1. The maximum absolute atomic E-state index is 12.1. The number of benzene rings is 1. The number of carbonyl (C=O) groups excluding carboxylic acids is 1. The average molecular weight is 367 g/mol. The predicted molar refractivity (Wildman–Crippen MR) is 97.3 cm³/mol. The lowest BCUT2D eigenvalue weighted by Crippen LogP contribution is -2.46. The van der Waals surface area contributed by atoms with E-state index in [1.165, 1.54) is 17.8 Å². The van der Waals surface area contributed by atoms with Crippen molar-refractivity contribution in [1.82, 2.24) is 10.3 Å². The van der Waals surface area contributed by atoms with E-state index in [4.69, 9.17) is 5.11 Å². The summed E-state index contributed by atoms with van der Waals surface area (Å²) in [4.78, 5) is 27.5. The van der Waals surface area contributed by atoms with Gasteiger partial charge in [-0.1, -0.05) is 18.2 Å². The quantitative estimate of drug-likeness (QED) is 0.842. The van der Waals surface area contributed by atoms with Crippen molar-refractivity contribution in [2.75, 3.05) is 0 Å². The number of hydrogen-bond donors (Lipinski definition) is 2. The molecule has 1 fully saturated rings. The molecule has 3 atom stereocenters. The van der Waals surface area contributed by atoms with E-state index in [-0.39, 0.29) is 29.2 Å². The summed E-state index contributed by atoms with van der Waals surface area (Å²) in [6.07, 6.45) is 1.90. The molecular formula is C19H17N3O3S. The molecule has 0 radical (unpaired) electrons. The van der Waals surface area contributed by atoms with Crippen molar-refractivity contribution >= 4 is 23.6 Å². The Hall–Kier alpha value is -2.85. The Morgan fingerprint density at radius 1 is 1.35 bits per heavy atom. The van der Waals surface area contributed by atoms with Crippen LogP contribution in [0.3, 0.4) is 0 Å². The molecule has 1 aromatic carbocycles. The average Bonchev–Trinajstić information content (AvgIpc) is 2.66. The molecule has 1 aliphatic heterocycles. The van der Waals surface area contributed by atoms with Crippen LogP contribution in [-0.2, 0) is 10.5 Å². The third-order valence-corrected chi connectivity index (χ3v) is 5.56. The van der Waals surface area contributed by atoms with Gasteiger partial charge in [0.1, 0.15) is 0 Å². The fraction of sp³-hybridized carbons (Fsp3) is 0.263. The standard InChI is InChI=1S/C19H17N3O3S/c20-10-15-14(16-6-1-2-7-21-16)9-17(23)22-18(15)26-11-12-4-3-5-13(8-12)19(24)25/h1-8,14-15,18H,9,11H2,(H,22,23)(H,24,25). The molecule has 0 aliphatic carbocycles. The van der Waals surface area contributed by atoms with Gasteiger partial charge in [-0.2, -0.15) is 5.26 Å². The topological polar surface area (TPSA) is 103 Å². The molecule has 0 saturated carbocycles. The van der Waals surface area contributed by atoms with Crippen molar-refractivity contribution in [3.05, 3.63) is 65.5 Å². The lowest BCUT2D eigenvalue weighted by atomic mass is 9.84. The first-order valence-corrected chi connectivity index (χ1v) is 9.17. The number of hydrogen-bond acceptors (Lipinski definition) is 5. The molecule has 6 nitrogen and oxygen atoms in total. The van der Waals surface area contributed by atoms with E-state index < -0.39 is 11.9 Å². The highest BCUT2D eigenvalue weighted by atomic mass is 32.2. The molecule has 7 heteroatoms. The molecule has 0 spiro atoms. The Kier molecular flexibility index (Phi) is 5.54. The summed E-state index contributed by atoms with van der Waals surface area (Å²) in [6.45, 7) is 0. The molecule has 3 unspecified atom stereocenters. The minimum absolute atomic E-state index is 0.107. The van der Waals surface area contributed by atoms with Crippen LogP contribution in [-0.4, -0.2) is 27.3 Å². The zero-order valence-corrected chi connectivity index (χ0v) is 14.6. The third-order valence-electron chi connectivity index (χ3n) is 4.29. The summed E-state index contributed by atoms with van der Waals surface area (Å²) >= 11 is 1.43. The number of carbonyl (C=O) groups is 2. The van der Waals surface area contributed by atoms with Gasteiger partial charge in [0.2, 0.25) is 5.91 Å². The fourth-order valence-corrected chi connectivity index (χ4v) is 4.24. The Bertz CT molecular complexity index is 851. The number of piperidine rings is 1. The van der Waals surface area contributed by atoms with Gasteiger partial charge in [-0.3, -0.25) is 9.78 Å². The third kappa shape index (κ3) is 4.03. The zero-order chi connectivity index (χ0) is 18.5. The molecule has 1 aliphatic rings. The lowest BCUT2D eigenvalue weighted by Gasteiger charge is -2.33. The maximum atomic E-state index is 12.1. The second kappa shape index (κ2) is 8.02. The lowest BCUT2D eigenvalue weighted by molar-refractivity contribution is -0.123. The summed E-state index contributed by atoms with van der Waals surface area (Å²) < 4.78 is 0. The molecule has 132 valence electrons. The zero-order valence-electron chi connectivity index (χ0n) is 13.8. The van der Waals surface area contributed by atoms with Crippen molar-refractivity contribution < 1.29 is 14.7 Å². The van der Waals surface area contributed by atoms with Gasteiger partial charge in [-0.05, 0) is 29.8 Å². The van der Waals surface area contributed by atoms with Crippen LogP contribution in [0.1, 0.15) is 34.0 Å². The van der Waals surface area contributed by atoms with E-state index in [1.807, 2.05) is 18.2 Å². The van der Waals surface area contributed by atoms with Crippen molar-refractivity contribution in [2.45, 2.75) is 23.5 Å². The van der Waals surface area contributed by atoms with Crippen molar-refractivity contribution in [1.29, 1.82) is 5.26 Å². The van der Waals surface area contributed by atoms with Crippen LogP contribution in [0.5, 0.6) is 0 Å². The Balaban J connectivity index is 1.76. The summed E-state index contributed by atoms with van der Waals surface area (Å²) in [6, 6.07) is 14.5. The van der Waals surface area contributed by atoms with Crippen molar-refractivity contribution in [2.24, 2.45) is 5.92 Å². The van der Waals surface area contributed by atoms with E-state index in [0.29, 0.717) is 5.75 Å². The van der Waals surface area contributed by atoms with Crippen LogP contribution in [0.25, 0.3) is 0 Å². The second-order valence-corrected chi connectivity index (χ2v) is 7.15.